The van der Waals surface area contributed by atoms with Crippen LogP contribution < -0.4 is 0 Å². The Bertz CT molecular complexity index is 336. The average Bonchev–Trinajstić information content (AvgIpc) is 2.18. The molecule has 1 N–H and O–H groups in total. The molecule has 0 heterocycles. The average molecular weight is 207 g/mol. The number of hydrogen-bond acceptors (Lipinski definition) is 2. The van der Waals surface area contributed by atoms with Gasteiger partial charge in [-0.3, -0.25) is 4.79 Å². The fourth-order valence-electron chi connectivity index (χ4n) is 1.46. The number of benzene rings is 1. The second kappa shape index (κ2) is 5.51. The molecule has 1 amide bonds. The summed E-state index contributed by atoms with van der Waals surface area (Å²) in [7, 11) is 1.75. The van der Waals surface area contributed by atoms with Crippen molar-refractivity contribution in [1.29, 1.82) is 0 Å². The fourth-order valence-corrected chi connectivity index (χ4v) is 1.46. The lowest BCUT2D eigenvalue weighted by Crippen LogP contribution is -2.26. The number of nitrogens with zero attached hydrogens (tertiary/aromatic N) is 1. The van der Waals surface area contributed by atoms with Gasteiger partial charge in [-0.1, -0.05) is 29.8 Å². The van der Waals surface area contributed by atoms with E-state index >= 15 is 0 Å². The van der Waals surface area contributed by atoms with Gasteiger partial charge in [-0.15, -0.1) is 0 Å². The maximum atomic E-state index is 11.4. The molecule has 1 rings (SSSR count). The highest BCUT2D eigenvalue weighted by Gasteiger charge is 2.07. The second-order valence-corrected chi connectivity index (χ2v) is 3.71. The molecule has 0 atom stereocenters. The third kappa shape index (κ3) is 3.72. The van der Waals surface area contributed by atoms with Crippen LogP contribution in [-0.4, -0.2) is 29.6 Å². The molecule has 15 heavy (non-hydrogen) atoms. The van der Waals surface area contributed by atoms with Crippen LogP contribution in [0.5, 0.6) is 0 Å². The number of hydrogen-bond donors (Lipinski definition) is 1. The first-order valence-electron chi connectivity index (χ1n) is 5.04. The van der Waals surface area contributed by atoms with Crippen LogP contribution in [0.3, 0.4) is 0 Å². The van der Waals surface area contributed by atoms with E-state index in [1.54, 1.807) is 11.9 Å². The van der Waals surface area contributed by atoms with Gasteiger partial charge in [0.25, 0.3) is 0 Å². The summed E-state index contributed by atoms with van der Waals surface area (Å²) in [5.74, 6) is -0.0287. The normalized spacial score (nSPS) is 10.1. The van der Waals surface area contributed by atoms with Crippen molar-refractivity contribution in [1.82, 2.24) is 4.90 Å². The van der Waals surface area contributed by atoms with Gasteiger partial charge in [0.2, 0.25) is 5.91 Å². The van der Waals surface area contributed by atoms with Crippen molar-refractivity contribution in [2.24, 2.45) is 0 Å². The van der Waals surface area contributed by atoms with Crippen molar-refractivity contribution >= 4 is 5.91 Å². The van der Waals surface area contributed by atoms with E-state index in [1.165, 1.54) is 5.56 Å². The first-order valence-corrected chi connectivity index (χ1v) is 5.04. The number of rotatable bonds is 4. The van der Waals surface area contributed by atoms with E-state index in [2.05, 4.69) is 6.07 Å². The Morgan fingerprint density at radius 1 is 1.47 bits per heavy atom. The van der Waals surface area contributed by atoms with E-state index in [-0.39, 0.29) is 18.9 Å². The Morgan fingerprint density at radius 2 is 2.20 bits per heavy atom. The zero-order chi connectivity index (χ0) is 11.3. The van der Waals surface area contributed by atoms with Gasteiger partial charge in [-0.2, -0.15) is 0 Å². The maximum Gasteiger partial charge on any atom is 0.224 e. The largest absolute Gasteiger partial charge is 0.396 e. The van der Waals surface area contributed by atoms with Gasteiger partial charge in [0.05, 0.1) is 6.61 Å². The van der Waals surface area contributed by atoms with Crippen LogP contribution in [0.4, 0.5) is 0 Å². The molecule has 0 saturated carbocycles. The first-order chi connectivity index (χ1) is 7.13. The molecule has 82 valence electrons. The Balaban J connectivity index is 2.58. The number of aliphatic hydroxyl groups is 1. The van der Waals surface area contributed by atoms with Crippen LogP contribution in [0.25, 0.3) is 0 Å². The Labute approximate surface area is 90.3 Å². The summed E-state index contributed by atoms with van der Waals surface area (Å²) in [6.45, 7) is 2.54. The summed E-state index contributed by atoms with van der Waals surface area (Å²) < 4.78 is 0. The fraction of sp³-hybridized carbons (Fsp3) is 0.417. The molecule has 0 aromatic heterocycles. The van der Waals surface area contributed by atoms with Gasteiger partial charge < -0.3 is 10.0 Å². The molecule has 0 spiro atoms. The van der Waals surface area contributed by atoms with E-state index in [0.29, 0.717) is 6.54 Å². The third-order valence-electron chi connectivity index (χ3n) is 2.25. The minimum absolute atomic E-state index is 0.0287. The topological polar surface area (TPSA) is 40.5 Å². The van der Waals surface area contributed by atoms with Gasteiger partial charge in [-0.25, -0.2) is 0 Å². The summed E-state index contributed by atoms with van der Waals surface area (Å²) in [5, 5.41) is 8.65. The molecule has 0 bridgehead atoms. The molecule has 0 unspecified atom stereocenters. The van der Waals surface area contributed by atoms with Crippen molar-refractivity contribution in [3.05, 3.63) is 35.4 Å². The van der Waals surface area contributed by atoms with E-state index in [9.17, 15) is 4.79 Å². The van der Waals surface area contributed by atoms with Crippen LogP contribution in [0.2, 0.25) is 0 Å². The zero-order valence-corrected chi connectivity index (χ0v) is 9.23. The summed E-state index contributed by atoms with van der Waals surface area (Å²) in [4.78, 5) is 13.0. The standard InChI is InChI=1S/C12H17NO2/c1-10-4-3-5-11(8-10)9-13(2)12(15)6-7-14/h3-5,8,14H,6-7,9H2,1-2H3. The second-order valence-electron chi connectivity index (χ2n) is 3.71. The summed E-state index contributed by atoms with van der Waals surface area (Å²) >= 11 is 0. The lowest BCUT2D eigenvalue weighted by molar-refractivity contribution is -0.131. The van der Waals surface area contributed by atoms with Crippen molar-refractivity contribution in [3.63, 3.8) is 0 Å². The molecular formula is C12H17NO2. The molecule has 0 aliphatic rings. The van der Waals surface area contributed by atoms with E-state index < -0.39 is 0 Å². The molecule has 1 aromatic rings. The Hall–Kier alpha value is -1.35. The highest BCUT2D eigenvalue weighted by atomic mass is 16.3. The highest BCUT2D eigenvalue weighted by molar-refractivity contribution is 5.75. The monoisotopic (exact) mass is 207 g/mol. The minimum Gasteiger partial charge on any atom is -0.396 e. The number of amides is 1. The summed E-state index contributed by atoms with van der Waals surface area (Å²) in [5.41, 5.74) is 2.30. The Morgan fingerprint density at radius 3 is 2.80 bits per heavy atom. The quantitative estimate of drug-likeness (QED) is 0.809. The van der Waals surface area contributed by atoms with Crippen LogP contribution in [0.15, 0.2) is 24.3 Å². The summed E-state index contributed by atoms with van der Waals surface area (Å²) in [6.07, 6.45) is 0.197. The van der Waals surface area contributed by atoms with Gasteiger partial charge in [0, 0.05) is 20.0 Å². The van der Waals surface area contributed by atoms with Crippen molar-refractivity contribution in [2.75, 3.05) is 13.7 Å². The Kier molecular flexibility index (Phi) is 4.31. The van der Waals surface area contributed by atoms with Crippen LogP contribution in [-0.2, 0) is 11.3 Å². The first kappa shape index (κ1) is 11.7. The molecule has 0 saturated heterocycles. The number of carbonyl (C=O) groups is 1. The van der Waals surface area contributed by atoms with Gasteiger partial charge in [0.15, 0.2) is 0 Å². The van der Waals surface area contributed by atoms with Gasteiger partial charge in [-0.05, 0) is 12.5 Å². The third-order valence-corrected chi connectivity index (χ3v) is 2.25. The van der Waals surface area contributed by atoms with Crippen molar-refractivity contribution < 1.29 is 9.90 Å². The predicted octanol–water partition coefficient (Wildman–Crippen LogP) is 1.34. The molecule has 0 radical (unpaired) electrons. The van der Waals surface area contributed by atoms with E-state index in [0.717, 1.165) is 5.56 Å². The van der Waals surface area contributed by atoms with Crippen LogP contribution in [0.1, 0.15) is 17.5 Å². The van der Waals surface area contributed by atoms with Crippen LogP contribution >= 0.6 is 0 Å². The number of aliphatic hydroxyl groups excluding tert-OH is 1. The lowest BCUT2D eigenvalue weighted by Gasteiger charge is -2.16. The number of carbonyl (C=O) groups excluding carboxylic acids is 1. The molecule has 0 aliphatic heterocycles. The zero-order valence-electron chi connectivity index (χ0n) is 9.23. The van der Waals surface area contributed by atoms with E-state index in [1.807, 2.05) is 25.1 Å². The number of aryl methyl sites for hydroxylation is 1. The summed E-state index contributed by atoms with van der Waals surface area (Å²) in [6, 6.07) is 8.06. The molecule has 0 fully saturated rings. The predicted molar refractivity (Wildman–Crippen MR) is 59.4 cm³/mol. The molecule has 0 aliphatic carbocycles. The smallest absolute Gasteiger partial charge is 0.224 e. The SMILES string of the molecule is Cc1cccc(CN(C)C(=O)CCO)c1. The lowest BCUT2D eigenvalue weighted by atomic mass is 10.1. The molecular weight excluding hydrogens is 190 g/mol. The maximum absolute atomic E-state index is 11.4. The van der Waals surface area contributed by atoms with E-state index in [4.69, 9.17) is 5.11 Å². The van der Waals surface area contributed by atoms with Gasteiger partial charge in [0.1, 0.15) is 0 Å². The highest BCUT2D eigenvalue weighted by Crippen LogP contribution is 2.07. The minimum atomic E-state index is -0.0863. The molecule has 3 nitrogen and oxygen atoms in total. The van der Waals surface area contributed by atoms with Crippen molar-refractivity contribution in [2.45, 2.75) is 19.9 Å². The van der Waals surface area contributed by atoms with Gasteiger partial charge >= 0.3 is 0 Å². The molecule has 3 heteroatoms. The van der Waals surface area contributed by atoms with Crippen molar-refractivity contribution in [3.8, 4) is 0 Å². The van der Waals surface area contributed by atoms with Crippen LogP contribution in [0, 0.1) is 6.92 Å². The molecule has 1 aromatic carbocycles.